The van der Waals surface area contributed by atoms with Gasteiger partial charge in [0.1, 0.15) is 5.82 Å². The standard InChI is InChI=1S/C13H18N2O4S/c1-3-11-10(13(16)19-4-2)7-14-12(15-11)9-5-6-20(17,18)8-9/h7,9H,3-6,8H2,1-2H3. The molecule has 0 aromatic carbocycles. The van der Waals surface area contributed by atoms with Crippen molar-refractivity contribution in [3.8, 4) is 0 Å². The molecule has 7 heteroatoms. The lowest BCUT2D eigenvalue weighted by molar-refractivity contribution is 0.0524. The molecule has 0 radical (unpaired) electrons. The van der Waals surface area contributed by atoms with E-state index in [1.54, 1.807) is 6.92 Å². The maximum absolute atomic E-state index is 11.8. The van der Waals surface area contributed by atoms with Crippen LogP contribution < -0.4 is 0 Å². The van der Waals surface area contributed by atoms with Gasteiger partial charge in [-0.25, -0.2) is 23.2 Å². The summed E-state index contributed by atoms with van der Waals surface area (Å²) in [5, 5.41) is 0. The number of rotatable bonds is 4. The molecule has 6 nitrogen and oxygen atoms in total. The Balaban J connectivity index is 2.28. The minimum Gasteiger partial charge on any atom is -0.462 e. The highest BCUT2D eigenvalue weighted by Crippen LogP contribution is 2.27. The first kappa shape index (κ1) is 14.9. The van der Waals surface area contributed by atoms with Crippen LogP contribution in [0.25, 0.3) is 0 Å². The minimum absolute atomic E-state index is 0.0922. The van der Waals surface area contributed by atoms with Crippen LogP contribution in [0.1, 0.15) is 48.1 Å². The first-order chi connectivity index (χ1) is 9.46. The van der Waals surface area contributed by atoms with Crippen molar-refractivity contribution in [3.05, 3.63) is 23.3 Å². The van der Waals surface area contributed by atoms with Crippen molar-refractivity contribution >= 4 is 15.8 Å². The third kappa shape index (κ3) is 3.15. The van der Waals surface area contributed by atoms with Crippen molar-refractivity contribution in [1.29, 1.82) is 0 Å². The number of nitrogens with zero attached hydrogens (tertiary/aromatic N) is 2. The maximum Gasteiger partial charge on any atom is 0.341 e. The van der Waals surface area contributed by atoms with Crippen LogP contribution in [-0.2, 0) is 21.0 Å². The lowest BCUT2D eigenvalue weighted by Gasteiger charge is -2.11. The topological polar surface area (TPSA) is 86.2 Å². The second-order valence-electron chi connectivity index (χ2n) is 4.76. The van der Waals surface area contributed by atoms with Gasteiger partial charge in [0, 0.05) is 12.1 Å². The van der Waals surface area contributed by atoms with Gasteiger partial charge in [-0.1, -0.05) is 6.92 Å². The summed E-state index contributed by atoms with van der Waals surface area (Å²) in [5.41, 5.74) is 0.969. The Morgan fingerprint density at radius 3 is 2.75 bits per heavy atom. The fourth-order valence-electron chi connectivity index (χ4n) is 2.28. The third-order valence-corrected chi connectivity index (χ3v) is 5.08. The number of sulfone groups is 1. The molecule has 2 rings (SSSR count). The van der Waals surface area contributed by atoms with E-state index in [9.17, 15) is 13.2 Å². The van der Waals surface area contributed by atoms with Gasteiger partial charge in [-0.2, -0.15) is 0 Å². The fraction of sp³-hybridized carbons (Fsp3) is 0.615. The summed E-state index contributed by atoms with van der Waals surface area (Å²) in [6.07, 6.45) is 2.57. The molecule has 1 atom stereocenters. The summed E-state index contributed by atoms with van der Waals surface area (Å²) >= 11 is 0. The Hall–Kier alpha value is -1.50. The van der Waals surface area contributed by atoms with Gasteiger partial charge in [-0.05, 0) is 19.8 Å². The van der Waals surface area contributed by atoms with E-state index >= 15 is 0 Å². The average molecular weight is 298 g/mol. The molecule has 1 aromatic rings. The van der Waals surface area contributed by atoms with Gasteiger partial charge in [-0.3, -0.25) is 0 Å². The van der Waals surface area contributed by atoms with Crippen LogP contribution in [0.2, 0.25) is 0 Å². The van der Waals surface area contributed by atoms with Crippen molar-refractivity contribution in [2.24, 2.45) is 0 Å². The summed E-state index contributed by atoms with van der Waals surface area (Å²) in [4.78, 5) is 20.3. The maximum atomic E-state index is 11.8. The van der Waals surface area contributed by atoms with Crippen molar-refractivity contribution in [1.82, 2.24) is 9.97 Å². The van der Waals surface area contributed by atoms with Gasteiger partial charge >= 0.3 is 5.97 Å². The predicted octanol–water partition coefficient (Wildman–Crippen LogP) is 1.12. The molecule has 0 saturated carbocycles. The molecule has 20 heavy (non-hydrogen) atoms. The summed E-state index contributed by atoms with van der Waals surface area (Å²) < 4.78 is 28.0. The van der Waals surface area contributed by atoms with Crippen LogP contribution in [0.4, 0.5) is 0 Å². The van der Waals surface area contributed by atoms with Crippen molar-refractivity contribution in [3.63, 3.8) is 0 Å². The number of aromatic nitrogens is 2. The molecule has 1 fully saturated rings. The quantitative estimate of drug-likeness (QED) is 0.774. The van der Waals surface area contributed by atoms with Gasteiger partial charge < -0.3 is 4.74 Å². The Morgan fingerprint density at radius 2 is 2.20 bits per heavy atom. The summed E-state index contributed by atoms with van der Waals surface area (Å²) in [7, 11) is -2.97. The Kier molecular flexibility index (Phi) is 4.37. The zero-order chi connectivity index (χ0) is 14.8. The highest BCUT2D eigenvalue weighted by molar-refractivity contribution is 7.91. The van der Waals surface area contributed by atoms with Crippen LogP contribution in [0.5, 0.6) is 0 Å². The van der Waals surface area contributed by atoms with E-state index < -0.39 is 15.8 Å². The second kappa shape index (κ2) is 5.87. The van der Waals surface area contributed by atoms with Crippen LogP contribution in [0.3, 0.4) is 0 Å². The predicted molar refractivity (Wildman–Crippen MR) is 73.4 cm³/mol. The molecular formula is C13H18N2O4S. The molecular weight excluding hydrogens is 280 g/mol. The van der Waals surface area contributed by atoms with Crippen LogP contribution in [0, 0.1) is 0 Å². The Labute approximate surface area is 118 Å². The van der Waals surface area contributed by atoms with Gasteiger partial charge in [0.25, 0.3) is 0 Å². The largest absolute Gasteiger partial charge is 0.462 e. The SMILES string of the molecule is CCOC(=O)c1cnc(C2CCS(=O)(=O)C2)nc1CC. The molecule has 1 unspecified atom stereocenters. The number of aryl methyl sites for hydroxylation is 1. The van der Waals surface area contributed by atoms with Gasteiger partial charge in [0.05, 0.1) is 29.4 Å². The molecule has 0 spiro atoms. The van der Waals surface area contributed by atoms with E-state index in [0.717, 1.165) is 0 Å². The smallest absolute Gasteiger partial charge is 0.341 e. The number of hydrogen-bond donors (Lipinski definition) is 0. The van der Waals surface area contributed by atoms with E-state index in [1.165, 1.54) is 6.20 Å². The lowest BCUT2D eigenvalue weighted by atomic mass is 10.1. The van der Waals surface area contributed by atoms with Crippen molar-refractivity contribution < 1.29 is 17.9 Å². The van der Waals surface area contributed by atoms with E-state index in [4.69, 9.17) is 4.74 Å². The van der Waals surface area contributed by atoms with E-state index in [1.807, 2.05) is 6.92 Å². The number of carbonyl (C=O) groups excluding carboxylic acids is 1. The highest BCUT2D eigenvalue weighted by atomic mass is 32.2. The number of ether oxygens (including phenoxy) is 1. The zero-order valence-electron chi connectivity index (χ0n) is 11.6. The summed E-state index contributed by atoms with van der Waals surface area (Å²) in [6.45, 7) is 3.92. The molecule has 1 aromatic heterocycles. The van der Waals surface area contributed by atoms with E-state index in [-0.39, 0.29) is 17.4 Å². The molecule has 0 amide bonds. The number of carbonyl (C=O) groups is 1. The van der Waals surface area contributed by atoms with Gasteiger partial charge in [0.2, 0.25) is 0 Å². The molecule has 0 aliphatic carbocycles. The first-order valence-electron chi connectivity index (χ1n) is 6.70. The second-order valence-corrected chi connectivity index (χ2v) is 6.99. The molecule has 0 bridgehead atoms. The van der Waals surface area contributed by atoms with Crippen molar-refractivity contribution in [2.75, 3.05) is 18.1 Å². The molecule has 1 saturated heterocycles. The average Bonchev–Trinajstić information content (AvgIpc) is 2.78. The Morgan fingerprint density at radius 1 is 1.45 bits per heavy atom. The number of hydrogen-bond acceptors (Lipinski definition) is 6. The first-order valence-corrected chi connectivity index (χ1v) is 8.52. The van der Waals surface area contributed by atoms with Crippen molar-refractivity contribution in [2.45, 2.75) is 32.6 Å². The van der Waals surface area contributed by atoms with Crippen LogP contribution in [-0.4, -0.2) is 42.5 Å². The summed E-state index contributed by atoms with van der Waals surface area (Å²) in [6, 6.07) is 0. The molecule has 1 aliphatic heterocycles. The Bertz CT molecular complexity index is 613. The van der Waals surface area contributed by atoms with Crippen LogP contribution in [0.15, 0.2) is 6.20 Å². The van der Waals surface area contributed by atoms with Gasteiger partial charge in [-0.15, -0.1) is 0 Å². The van der Waals surface area contributed by atoms with E-state index in [2.05, 4.69) is 9.97 Å². The third-order valence-electron chi connectivity index (χ3n) is 3.31. The van der Waals surface area contributed by atoms with Crippen LogP contribution >= 0.6 is 0 Å². The van der Waals surface area contributed by atoms with E-state index in [0.29, 0.717) is 36.5 Å². The monoisotopic (exact) mass is 298 g/mol. The minimum atomic E-state index is -2.97. The molecule has 1 aliphatic rings. The zero-order valence-corrected chi connectivity index (χ0v) is 12.4. The van der Waals surface area contributed by atoms with Gasteiger partial charge in [0.15, 0.2) is 9.84 Å². The molecule has 2 heterocycles. The summed E-state index contributed by atoms with van der Waals surface area (Å²) in [5.74, 6) is 0.185. The number of esters is 1. The normalized spacial score (nSPS) is 20.8. The molecule has 0 N–H and O–H groups in total. The highest BCUT2D eigenvalue weighted by Gasteiger charge is 2.31. The molecule has 110 valence electrons. The lowest BCUT2D eigenvalue weighted by Crippen LogP contribution is -2.14. The fourth-order valence-corrected chi connectivity index (χ4v) is 4.02.